The fourth-order valence-electron chi connectivity index (χ4n) is 4.76. The van der Waals surface area contributed by atoms with Crippen LogP contribution in [-0.2, 0) is 0 Å². The van der Waals surface area contributed by atoms with Gasteiger partial charge < -0.3 is 0 Å². The normalized spacial score (nSPS) is 24.3. The maximum absolute atomic E-state index is 2.59. The Labute approximate surface area is 143 Å². The van der Waals surface area contributed by atoms with E-state index in [1.54, 1.807) is 5.57 Å². The van der Waals surface area contributed by atoms with Crippen molar-refractivity contribution in [3.63, 3.8) is 0 Å². The molecule has 1 nitrogen and oxygen atoms in total. The second-order valence-corrected chi connectivity index (χ2v) is 7.40. The largest absolute Gasteiger partial charge is 0.297 e. The van der Waals surface area contributed by atoms with Crippen LogP contribution in [0, 0.1) is 0 Å². The molecule has 2 unspecified atom stereocenters. The third kappa shape index (κ3) is 2.12. The minimum atomic E-state index is 0.623. The number of fused-ring (bicyclic) bond motifs is 5. The van der Waals surface area contributed by atoms with Crippen molar-refractivity contribution in [2.45, 2.75) is 37.8 Å². The molecule has 5 rings (SSSR count). The molecule has 0 N–H and O–H groups in total. The third-order valence-electron chi connectivity index (χ3n) is 6.10. The van der Waals surface area contributed by atoms with Gasteiger partial charge in [0.15, 0.2) is 0 Å². The van der Waals surface area contributed by atoms with Crippen molar-refractivity contribution < 1.29 is 0 Å². The zero-order valence-corrected chi connectivity index (χ0v) is 14.2. The van der Waals surface area contributed by atoms with E-state index in [1.807, 2.05) is 0 Å². The fourth-order valence-corrected chi connectivity index (χ4v) is 4.76. The minimum absolute atomic E-state index is 0.623. The number of hydrogen-bond acceptors (Lipinski definition) is 1. The molecule has 0 amide bonds. The van der Waals surface area contributed by atoms with E-state index in [0.717, 1.165) is 0 Å². The van der Waals surface area contributed by atoms with Crippen LogP contribution in [0.5, 0.6) is 0 Å². The zero-order valence-electron chi connectivity index (χ0n) is 14.2. The van der Waals surface area contributed by atoms with Crippen LogP contribution >= 0.6 is 0 Å². The Morgan fingerprint density at radius 2 is 1.62 bits per heavy atom. The van der Waals surface area contributed by atoms with E-state index in [-0.39, 0.29) is 0 Å². The summed E-state index contributed by atoms with van der Waals surface area (Å²) in [4.78, 5) is 2.59. The van der Waals surface area contributed by atoms with E-state index in [4.69, 9.17) is 0 Å². The second kappa shape index (κ2) is 5.46. The maximum Gasteiger partial charge on any atom is 0.0284 e. The van der Waals surface area contributed by atoms with Crippen LogP contribution in [0.15, 0.2) is 60.7 Å². The maximum atomic E-state index is 2.59. The highest BCUT2D eigenvalue weighted by molar-refractivity contribution is 6.11. The van der Waals surface area contributed by atoms with E-state index in [2.05, 4.69) is 72.6 Å². The molecule has 2 aliphatic rings. The molecule has 1 heteroatoms. The predicted molar refractivity (Wildman–Crippen MR) is 103 cm³/mol. The molecule has 0 radical (unpaired) electrons. The lowest BCUT2D eigenvalue weighted by Crippen LogP contribution is -2.45. The minimum Gasteiger partial charge on any atom is -0.297 e. The Balaban J connectivity index is 1.77. The van der Waals surface area contributed by atoms with Gasteiger partial charge in [0.25, 0.3) is 0 Å². The first-order chi connectivity index (χ1) is 11.8. The third-order valence-corrected chi connectivity index (χ3v) is 6.10. The Bertz CT molecular complexity index is 953. The lowest BCUT2D eigenvalue weighted by molar-refractivity contribution is 0.137. The number of piperidine rings is 1. The van der Waals surface area contributed by atoms with Gasteiger partial charge in [0.05, 0.1) is 0 Å². The van der Waals surface area contributed by atoms with E-state index in [1.165, 1.54) is 52.8 Å². The second-order valence-electron chi connectivity index (χ2n) is 7.40. The van der Waals surface area contributed by atoms with Gasteiger partial charge in [-0.25, -0.2) is 0 Å². The first kappa shape index (κ1) is 14.2. The van der Waals surface area contributed by atoms with Crippen LogP contribution in [0.2, 0.25) is 0 Å². The molecule has 3 aromatic rings. The number of benzene rings is 3. The Hall–Kier alpha value is -2.12. The SMILES string of the molecule is CN1C2C=C(c3cc4ccccc4c4ccccc34)CC1CCC2. The highest BCUT2D eigenvalue weighted by Crippen LogP contribution is 2.40. The van der Waals surface area contributed by atoms with Crippen LogP contribution < -0.4 is 0 Å². The van der Waals surface area contributed by atoms with Crippen molar-refractivity contribution in [3.8, 4) is 0 Å². The van der Waals surface area contributed by atoms with Gasteiger partial charge in [0.1, 0.15) is 0 Å². The predicted octanol–water partition coefficient (Wildman–Crippen LogP) is 5.63. The molecule has 2 aliphatic heterocycles. The number of likely N-dealkylation sites (N-methyl/N-ethyl adjacent to an activating group) is 1. The quantitative estimate of drug-likeness (QED) is 0.526. The fraction of sp³-hybridized carbons (Fsp3) is 0.304. The Morgan fingerprint density at radius 3 is 2.46 bits per heavy atom. The van der Waals surface area contributed by atoms with Crippen LogP contribution in [0.25, 0.3) is 27.1 Å². The van der Waals surface area contributed by atoms with Gasteiger partial charge in [-0.15, -0.1) is 0 Å². The van der Waals surface area contributed by atoms with Crippen molar-refractivity contribution in [2.24, 2.45) is 0 Å². The van der Waals surface area contributed by atoms with Crippen molar-refractivity contribution >= 4 is 27.1 Å². The summed E-state index contributed by atoms with van der Waals surface area (Å²) in [5, 5.41) is 5.52. The summed E-state index contributed by atoms with van der Waals surface area (Å²) < 4.78 is 0. The molecule has 1 saturated heterocycles. The standard InChI is InChI=1S/C23H23N/c1-24-18-8-6-9-19(24)14-17(13-18)23-15-16-7-2-3-10-20(16)21-11-4-5-12-22(21)23/h2-5,7,10-13,15,18-19H,6,8-9,14H2,1H3. The molecule has 2 atom stereocenters. The molecule has 0 aliphatic carbocycles. The molecule has 1 fully saturated rings. The average Bonchev–Trinajstić information content (AvgIpc) is 2.61. The van der Waals surface area contributed by atoms with Gasteiger partial charge in [-0.05, 0) is 65.1 Å². The molecule has 0 spiro atoms. The molecule has 120 valence electrons. The molecule has 24 heavy (non-hydrogen) atoms. The summed E-state index contributed by atoms with van der Waals surface area (Å²) in [6, 6.07) is 21.5. The van der Waals surface area contributed by atoms with E-state index in [9.17, 15) is 0 Å². The van der Waals surface area contributed by atoms with Crippen LogP contribution in [0.3, 0.4) is 0 Å². The van der Waals surface area contributed by atoms with E-state index < -0.39 is 0 Å². The smallest absolute Gasteiger partial charge is 0.0284 e. The van der Waals surface area contributed by atoms with Crippen molar-refractivity contribution in [3.05, 3.63) is 66.2 Å². The van der Waals surface area contributed by atoms with Gasteiger partial charge in [-0.2, -0.15) is 0 Å². The van der Waals surface area contributed by atoms with Crippen LogP contribution in [-0.4, -0.2) is 24.0 Å². The Kier molecular flexibility index (Phi) is 3.24. The number of rotatable bonds is 1. The van der Waals surface area contributed by atoms with Crippen molar-refractivity contribution in [1.82, 2.24) is 4.90 Å². The lowest BCUT2D eigenvalue weighted by Gasteiger charge is -2.43. The molecular weight excluding hydrogens is 290 g/mol. The zero-order chi connectivity index (χ0) is 16.1. The van der Waals surface area contributed by atoms with Crippen molar-refractivity contribution in [1.29, 1.82) is 0 Å². The van der Waals surface area contributed by atoms with Gasteiger partial charge >= 0.3 is 0 Å². The van der Waals surface area contributed by atoms with E-state index >= 15 is 0 Å². The van der Waals surface area contributed by atoms with Gasteiger partial charge in [0.2, 0.25) is 0 Å². The van der Waals surface area contributed by atoms with Crippen molar-refractivity contribution in [2.75, 3.05) is 7.05 Å². The summed E-state index contributed by atoms with van der Waals surface area (Å²) in [5.74, 6) is 0. The summed E-state index contributed by atoms with van der Waals surface area (Å²) in [6.45, 7) is 0. The monoisotopic (exact) mass is 313 g/mol. The lowest BCUT2D eigenvalue weighted by atomic mass is 9.81. The first-order valence-corrected chi connectivity index (χ1v) is 9.15. The number of nitrogens with zero attached hydrogens (tertiary/aromatic N) is 1. The molecular formula is C23H23N. The highest BCUT2D eigenvalue weighted by Gasteiger charge is 2.31. The molecule has 0 aromatic heterocycles. The summed E-state index contributed by atoms with van der Waals surface area (Å²) in [7, 11) is 2.31. The first-order valence-electron chi connectivity index (χ1n) is 9.15. The number of hydrogen-bond donors (Lipinski definition) is 0. The topological polar surface area (TPSA) is 3.24 Å². The van der Waals surface area contributed by atoms with E-state index in [0.29, 0.717) is 12.1 Å². The van der Waals surface area contributed by atoms with Crippen LogP contribution in [0.1, 0.15) is 31.2 Å². The summed E-state index contributed by atoms with van der Waals surface area (Å²) in [6.07, 6.45) is 7.77. The summed E-state index contributed by atoms with van der Waals surface area (Å²) >= 11 is 0. The molecule has 2 heterocycles. The Morgan fingerprint density at radius 1 is 0.875 bits per heavy atom. The summed E-state index contributed by atoms with van der Waals surface area (Å²) in [5.41, 5.74) is 3.01. The van der Waals surface area contributed by atoms with Crippen LogP contribution in [0.4, 0.5) is 0 Å². The highest BCUT2D eigenvalue weighted by atomic mass is 15.2. The van der Waals surface area contributed by atoms with Gasteiger partial charge in [-0.3, -0.25) is 4.90 Å². The molecule has 3 aromatic carbocycles. The van der Waals surface area contributed by atoms with Gasteiger partial charge in [0, 0.05) is 12.1 Å². The van der Waals surface area contributed by atoms with Gasteiger partial charge in [-0.1, -0.05) is 61.0 Å². The molecule has 2 bridgehead atoms. The molecule has 0 saturated carbocycles. The average molecular weight is 313 g/mol.